The summed E-state index contributed by atoms with van der Waals surface area (Å²) in [5, 5.41) is 0. The monoisotopic (exact) mass is 272 g/mol. The van der Waals surface area contributed by atoms with Gasteiger partial charge < -0.3 is 0 Å². The smallest absolute Gasteiger partial charge is 0.287 e. The Morgan fingerprint density at radius 3 is 1.82 bits per heavy atom. The number of carbonyl (C=O) groups excluding carboxylic acids is 1. The summed E-state index contributed by atoms with van der Waals surface area (Å²) in [5.41, 5.74) is 0. The molecule has 0 aliphatic carbocycles. The van der Waals surface area contributed by atoms with E-state index in [1.807, 2.05) is 0 Å². The molecule has 0 spiro atoms. The molecule has 0 saturated carbocycles. The van der Waals surface area contributed by atoms with Crippen LogP contribution in [0, 0.1) is 0 Å². The molecule has 0 aromatic heterocycles. The van der Waals surface area contributed by atoms with Crippen LogP contribution < -0.4 is 0 Å². The fourth-order valence-electron chi connectivity index (χ4n) is 0.275. The summed E-state index contributed by atoms with van der Waals surface area (Å²) in [4.78, 5) is 10.2. The minimum atomic E-state index is -4.79. The average molecular weight is 274 g/mol. The summed E-state index contributed by atoms with van der Waals surface area (Å²) >= 11 is 11.9. The SMILES string of the molecule is O=C(Br)CC(Cl)(Cl)C(F)(F)F. The molecule has 0 atom stereocenters. The molecule has 0 heterocycles. The maximum atomic E-state index is 11.8. The van der Waals surface area contributed by atoms with Crippen molar-refractivity contribution in [1.82, 2.24) is 0 Å². The van der Waals surface area contributed by atoms with E-state index in [4.69, 9.17) is 23.2 Å². The fourth-order valence-corrected chi connectivity index (χ4v) is 1.26. The zero-order valence-corrected chi connectivity index (χ0v) is 7.98. The lowest BCUT2D eigenvalue weighted by Gasteiger charge is -2.20. The molecule has 0 unspecified atom stereocenters. The van der Waals surface area contributed by atoms with Crippen molar-refractivity contribution in [3.8, 4) is 0 Å². The van der Waals surface area contributed by atoms with Crippen LogP contribution in [0.25, 0.3) is 0 Å². The van der Waals surface area contributed by atoms with Crippen molar-refractivity contribution in [1.29, 1.82) is 0 Å². The summed E-state index contributed by atoms with van der Waals surface area (Å²) in [6.45, 7) is 0. The van der Waals surface area contributed by atoms with Crippen LogP contribution in [0.2, 0.25) is 0 Å². The summed E-state index contributed by atoms with van der Waals surface area (Å²) in [6.07, 6.45) is -5.79. The van der Waals surface area contributed by atoms with Crippen LogP contribution in [0.4, 0.5) is 13.2 Å². The molecule has 1 nitrogen and oxygen atoms in total. The van der Waals surface area contributed by atoms with E-state index in [1.54, 1.807) is 0 Å². The van der Waals surface area contributed by atoms with E-state index in [0.29, 0.717) is 0 Å². The van der Waals surface area contributed by atoms with Gasteiger partial charge in [0.05, 0.1) is 6.42 Å². The lowest BCUT2D eigenvalue weighted by atomic mass is 10.3. The Morgan fingerprint density at radius 2 is 1.73 bits per heavy atom. The maximum absolute atomic E-state index is 11.8. The van der Waals surface area contributed by atoms with Crippen LogP contribution in [-0.2, 0) is 4.79 Å². The molecule has 11 heavy (non-hydrogen) atoms. The van der Waals surface area contributed by atoms with Gasteiger partial charge in [-0.15, -0.1) is 0 Å². The van der Waals surface area contributed by atoms with Gasteiger partial charge in [0.15, 0.2) is 0 Å². The van der Waals surface area contributed by atoms with Crippen molar-refractivity contribution in [2.75, 3.05) is 0 Å². The van der Waals surface area contributed by atoms with Crippen LogP contribution >= 0.6 is 39.1 Å². The second-order valence-electron chi connectivity index (χ2n) is 1.73. The van der Waals surface area contributed by atoms with E-state index < -0.39 is 21.6 Å². The first-order valence-corrected chi connectivity index (χ1v) is 3.84. The van der Waals surface area contributed by atoms with Gasteiger partial charge in [0.2, 0.25) is 9.03 Å². The highest BCUT2D eigenvalue weighted by molar-refractivity contribution is 9.18. The van der Waals surface area contributed by atoms with Gasteiger partial charge in [-0.2, -0.15) is 13.2 Å². The molecule has 0 aromatic rings. The third kappa shape index (κ3) is 3.62. The first-order valence-electron chi connectivity index (χ1n) is 2.30. The lowest BCUT2D eigenvalue weighted by Crippen LogP contribution is -2.35. The molecule has 0 aliphatic heterocycles. The van der Waals surface area contributed by atoms with E-state index >= 15 is 0 Å². The molecular formula is C4H2BrCl2F3O. The van der Waals surface area contributed by atoms with Gasteiger partial charge in [-0.05, 0) is 15.9 Å². The Morgan fingerprint density at radius 1 is 1.36 bits per heavy atom. The molecule has 0 aliphatic rings. The van der Waals surface area contributed by atoms with Gasteiger partial charge in [-0.3, -0.25) is 4.79 Å². The zero-order valence-electron chi connectivity index (χ0n) is 4.88. The van der Waals surface area contributed by atoms with Crippen molar-refractivity contribution in [2.24, 2.45) is 0 Å². The molecule has 7 heteroatoms. The molecule has 0 bridgehead atoms. The molecular weight excluding hydrogens is 272 g/mol. The minimum absolute atomic E-state index is 0.889. The first kappa shape index (κ1) is 11.5. The molecule has 0 N–H and O–H groups in total. The van der Waals surface area contributed by atoms with Gasteiger partial charge in [-0.25, -0.2) is 0 Å². The topological polar surface area (TPSA) is 17.1 Å². The Kier molecular flexibility index (Phi) is 3.66. The predicted octanol–water partition coefficient (Wildman–Crippen LogP) is 3.03. The standard InChI is InChI=1S/C4H2BrCl2F3O/c5-2(11)1-3(6,7)4(8,9)10/h1H2. The summed E-state index contributed by atoms with van der Waals surface area (Å²) in [6, 6.07) is 0. The van der Waals surface area contributed by atoms with Gasteiger partial charge >= 0.3 is 6.18 Å². The van der Waals surface area contributed by atoms with Crippen molar-refractivity contribution in [3.63, 3.8) is 0 Å². The third-order valence-corrected chi connectivity index (χ3v) is 1.75. The average Bonchev–Trinajstić information content (AvgIpc) is 1.56. The highest BCUT2D eigenvalue weighted by Crippen LogP contribution is 2.42. The number of carbonyl (C=O) groups is 1. The Hall–Kier alpha value is 0.520. The van der Waals surface area contributed by atoms with Crippen molar-refractivity contribution in [2.45, 2.75) is 16.9 Å². The highest BCUT2D eigenvalue weighted by Gasteiger charge is 2.53. The normalized spacial score (nSPS) is 13.3. The maximum Gasteiger partial charge on any atom is 0.421 e. The second kappa shape index (κ2) is 3.49. The van der Waals surface area contributed by atoms with Crippen LogP contribution in [0.1, 0.15) is 6.42 Å². The largest absolute Gasteiger partial charge is 0.421 e. The molecule has 0 aromatic carbocycles. The van der Waals surface area contributed by atoms with Crippen molar-refractivity contribution >= 4 is 43.8 Å². The molecule has 0 fully saturated rings. The van der Waals surface area contributed by atoms with Crippen LogP contribution in [0.15, 0.2) is 0 Å². The van der Waals surface area contributed by atoms with Crippen LogP contribution in [0.5, 0.6) is 0 Å². The van der Waals surface area contributed by atoms with E-state index in [1.165, 1.54) is 0 Å². The number of rotatable bonds is 2. The van der Waals surface area contributed by atoms with Gasteiger partial charge in [0.25, 0.3) is 0 Å². The second-order valence-corrected chi connectivity index (χ2v) is 4.10. The quantitative estimate of drug-likeness (QED) is 0.558. The highest BCUT2D eigenvalue weighted by atomic mass is 79.9. The third-order valence-electron chi connectivity index (χ3n) is 0.776. The number of alkyl halides is 5. The van der Waals surface area contributed by atoms with E-state index in [9.17, 15) is 18.0 Å². The molecule has 0 saturated heterocycles. The van der Waals surface area contributed by atoms with E-state index in [0.717, 1.165) is 0 Å². The van der Waals surface area contributed by atoms with Gasteiger partial charge in [0, 0.05) is 0 Å². The van der Waals surface area contributed by atoms with Crippen LogP contribution in [-0.4, -0.2) is 15.2 Å². The predicted molar refractivity (Wildman–Crippen MR) is 39.0 cm³/mol. The molecule has 0 amide bonds. The van der Waals surface area contributed by atoms with Crippen LogP contribution in [0.3, 0.4) is 0 Å². The number of halogens is 6. The lowest BCUT2D eigenvalue weighted by molar-refractivity contribution is -0.146. The Labute approximate surface area is 79.0 Å². The first-order chi connectivity index (χ1) is 4.67. The van der Waals surface area contributed by atoms with Crippen molar-refractivity contribution in [3.05, 3.63) is 0 Å². The number of hydrogen-bond acceptors (Lipinski definition) is 1. The molecule has 0 radical (unpaired) electrons. The minimum Gasteiger partial charge on any atom is -0.287 e. The van der Waals surface area contributed by atoms with Gasteiger partial charge in [-0.1, -0.05) is 23.2 Å². The molecule has 0 rings (SSSR count). The summed E-state index contributed by atoms with van der Waals surface area (Å²) in [5.74, 6) is 0. The molecule has 66 valence electrons. The Bertz CT molecular complexity index is 167. The summed E-state index contributed by atoms with van der Waals surface area (Å²) < 4.78 is 31.4. The Balaban J connectivity index is 4.34. The fraction of sp³-hybridized carbons (Fsp3) is 0.750. The van der Waals surface area contributed by atoms with Crippen molar-refractivity contribution < 1.29 is 18.0 Å². The summed E-state index contributed by atoms with van der Waals surface area (Å²) in [7, 11) is 0. The zero-order chi connectivity index (χ0) is 9.28. The van der Waals surface area contributed by atoms with E-state index in [2.05, 4.69) is 15.9 Å². The van der Waals surface area contributed by atoms with Gasteiger partial charge in [0.1, 0.15) is 0 Å². The van der Waals surface area contributed by atoms with E-state index in [-0.39, 0.29) is 0 Å². The number of hydrogen-bond donors (Lipinski definition) is 0.